The van der Waals surface area contributed by atoms with Crippen LogP contribution in [-0.2, 0) is 71.8 Å². The van der Waals surface area contributed by atoms with Crippen molar-refractivity contribution < 1.29 is 35.0 Å². The van der Waals surface area contributed by atoms with Crippen LogP contribution < -0.4 is 28.3 Å². The van der Waals surface area contributed by atoms with Crippen LogP contribution in [0.2, 0.25) is 0 Å². The number of rotatable bonds is 35. The Bertz CT molecular complexity index is 7460. The van der Waals surface area contributed by atoms with Crippen molar-refractivity contribution in [3.63, 3.8) is 0 Å². The number of benzene rings is 1. The second-order valence-electron chi connectivity index (χ2n) is 34.7. The highest BCUT2D eigenvalue weighted by Crippen LogP contribution is 2.48. The van der Waals surface area contributed by atoms with E-state index in [0.29, 0.717) is 94.9 Å². The number of thiazole rings is 5. The van der Waals surface area contributed by atoms with Crippen LogP contribution in [0.5, 0.6) is 0 Å². The van der Waals surface area contributed by atoms with E-state index in [0.717, 1.165) is 274 Å². The number of aliphatic imine (C=N–C) groups is 4. The van der Waals surface area contributed by atoms with Crippen molar-refractivity contribution in [1.29, 1.82) is 0 Å². The van der Waals surface area contributed by atoms with Gasteiger partial charge in [0, 0.05) is 206 Å². The first-order valence-electron chi connectivity index (χ1n) is 47.3. The standard InChI is InChI=1S/C26H31N5O3S3.C20H22N4OS2.C19H20N4O2S2.C19H19N3OS3.C18H19N5OS3/c1-4-5-14-37(33)25-22(27)21-19(15-20(30-24(21)36-25)23-28-11-13-35-23)18-8-6-17(7-9-18)16-34-26(32)29-10-12-31(2)3;1-3-4-7-27(25)17-10-15-18(19(17)21)14(13-8-12(2)23-11-13)9-16(24-15)20-22-5-6-26-20;1-3-4-7-27(24)19-16(20)15-13(12-8-11(2)22-10-12)9-14(23-17(15)25-19)18-21-5-6-26-18;1-3-4-7-26(23)17-10-15-14(13-8-12(2)21-11-13)9-16(22-18(15)25-17)19-20-5-6-24-19;1-3-4-7-27(24)18-13(19)12-14(11-8-10(2)21-9-11)22-15(23-16(12)26-18)17-20-5-6-25-17/h6-9,11,13,15H,4-5,10,12,14,16,27H2,1-3H3,(H,29,32);5-6,9,11H,3-4,7-8,10,21H2,1-2H3;5-6,9-10H,3-4,7-8,20H2,1-2H3;5-6,9-11H,3-4,7-8H2,1-2H3;5-6,9H,3-4,7-8,19H2,1-2H3. The molecule has 0 saturated carbocycles. The molecule has 0 fully saturated rings. The molecule has 0 saturated heterocycles. The molecule has 0 bridgehead atoms. The first-order valence-corrected chi connectivity index (χ1v) is 60.7. The minimum atomic E-state index is -1.28. The van der Waals surface area contributed by atoms with Crippen LogP contribution in [0.3, 0.4) is 0 Å². The smallest absolute Gasteiger partial charge is 0.407 e. The monoisotopic (exact) mass is 2170 g/mol. The van der Waals surface area contributed by atoms with E-state index >= 15 is 0 Å². The molecule has 0 radical (unpaired) electrons. The van der Waals surface area contributed by atoms with Crippen molar-refractivity contribution in [2.45, 2.75) is 183 Å². The van der Waals surface area contributed by atoms with Gasteiger partial charge in [-0.25, -0.2) is 59.6 Å². The summed E-state index contributed by atoms with van der Waals surface area (Å²) in [5.74, 6) is 3.66. The number of carbonyl (C=O) groups excluding carboxylic acids is 1. The number of nitrogen functional groups attached to an aromatic ring is 3. The number of allylic oxidation sites excluding steroid dienone is 5. The number of carbonyl (C=O) groups is 1. The molecule has 29 nitrogen and oxygen atoms in total. The third-order valence-electron chi connectivity index (χ3n) is 23.5. The number of alkyl carbamates (subject to hydrolysis) is 1. The third-order valence-corrected chi connectivity index (χ3v) is 39.2. The van der Waals surface area contributed by atoms with Crippen LogP contribution in [0.25, 0.3) is 135 Å². The zero-order valence-corrected chi connectivity index (χ0v) is 92.2. The largest absolute Gasteiger partial charge is 0.445 e. The number of aromatic nitrogens is 11. The molecule has 42 heteroatoms. The topological polar surface area (TPSA) is 435 Å². The molecule has 5 unspecified atom stereocenters. The van der Waals surface area contributed by atoms with Gasteiger partial charge in [-0.3, -0.25) is 41.0 Å². The van der Waals surface area contributed by atoms with E-state index < -0.39 is 60.1 Å². The Morgan fingerprint density at radius 1 is 0.451 bits per heavy atom. The highest BCUT2D eigenvalue weighted by molar-refractivity contribution is 7.89. The number of hydrogen-bond acceptors (Lipinski definition) is 36. The van der Waals surface area contributed by atoms with Gasteiger partial charge in [-0.05, 0) is 154 Å². The summed E-state index contributed by atoms with van der Waals surface area (Å²) in [5, 5.41) is 20.3. The Labute approximate surface area is 880 Å². The van der Waals surface area contributed by atoms with E-state index in [-0.39, 0.29) is 6.61 Å². The van der Waals surface area contributed by atoms with E-state index in [4.69, 9.17) is 52.0 Å². The van der Waals surface area contributed by atoms with Gasteiger partial charge in [-0.1, -0.05) is 91.0 Å². The van der Waals surface area contributed by atoms with Gasteiger partial charge in [0.2, 0.25) is 10.8 Å². The Hall–Kier alpha value is -11.0. The van der Waals surface area contributed by atoms with Gasteiger partial charge in [0.05, 0.1) is 109 Å². The second-order valence-corrected chi connectivity index (χ2v) is 50.6. The van der Waals surface area contributed by atoms with Crippen molar-refractivity contribution in [1.82, 2.24) is 65.0 Å². The van der Waals surface area contributed by atoms with Crippen LogP contribution in [0, 0.1) is 0 Å². The molecule has 1 amide bonds. The molecular weight excluding hydrogens is 2060 g/mol. The summed E-state index contributed by atoms with van der Waals surface area (Å²) in [6.45, 7) is 20.0. The first-order chi connectivity index (χ1) is 69.8. The number of amides is 1. The number of nitrogens with two attached hydrogens (primary N) is 4. The van der Waals surface area contributed by atoms with Gasteiger partial charge in [0.1, 0.15) is 66.6 Å². The fourth-order valence-electron chi connectivity index (χ4n) is 16.0. The van der Waals surface area contributed by atoms with Crippen LogP contribution in [-0.4, -0.2) is 166 Å². The normalized spacial score (nSPS) is 14.8. The molecule has 4 aliphatic heterocycles. The molecule has 5 aliphatic rings. The number of furan rings is 1. The van der Waals surface area contributed by atoms with E-state index in [1.54, 1.807) is 65.0 Å². The summed E-state index contributed by atoms with van der Waals surface area (Å²) in [6.07, 6.45) is 29.2. The zero-order chi connectivity index (χ0) is 101. The summed E-state index contributed by atoms with van der Waals surface area (Å²) in [5.41, 5.74) is 48.7. The van der Waals surface area contributed by atoms with E-state index in [9.17, 15) is 25.8 Å². The average molecular weight is 2180 g/mol. The Balaban J connectivity index is 0.000000130. The SMILES string of the molecule is CCCCS(=O)C1=C(N)c2c(C3=CN=C(C)C3)cc(-c3nccs3)nc2C1.CCCCS(=O)c1cc2c(C3=CN=C(C)C3)cc(-c3nccs3)nc2s1.CCCCS(=O)c1oc2nc(-c3nccs3)cc(C3=CN=C(C)C3)c2c1N.CCCCS(=O)c1sc2nc(-c3nccs3)cc(-c3ccc(COC(=O)NCCN(C)C)cc3)c2c1N.CCCCS(=O)c1sc2nc(-c3nccs3)nc(C3=CN=C(C)C3)c2c1N. The zero-order valence-electron chi connectivity index (χ0n) is 81.6. The van der Waals surface area contributed by atoms with Gasteiger partial charge in [0.25, 0.3) is 0 Å². The first kappa shape index (κ1) is 106. The second kappa shape index (κ2) is 49.5. The minimum absolute atomic E-state index is 0.172. The molecule has 0 spiro atoms. The predicted octanol–water partition coefficient (Wildman–Crippen LogP) is 24.2. The van der Waals surface area contributed by atoms with Crippen molar-refractivity contribution >= 4 is 260 Å². The van der Waals surface area contributed by atoms with Gasteiger partial charge in [0.15, 0.2) is 10.8 Å². The summed E-state index contributed by atoms with van der Waals surface area (Å²) in [4.78, 5) is 85.4. The number of likely N-dealkylation sites (N-methyl/N-ethyl adjacent to an activating group) is 1. The average Bonchev–Trinajstić information content (AvgIpc) is 1.58. The fraction of sp³-hybridized carbons (Fsp3) is 0.333. The number of pyridine rings is 4. The van der Waals surface area contributed by atoms with Crippen molar-refractivity contribution in [3.05, 3.63) is 181 Å². The molecule has 144 heavy (non-hydrogen) atoms. The maximum Gasteiger partial charge on any atom is 0.407 e. The number of fused-ring (bicyclic) bond motifs is 5. The van der Waals surface area contributed by atoms with Crippen LogP contribution in [0.4, 0.5) is 21.9 Å². The van der Waals surface area contributed by atoms with Crippen LogP contribution in [0.1, 0.15) is 191 Å². The lowest BCUT2D eigenvalue weighted by Gasteiger charge is -2.12. The van der Waals surface area contributed by atoms with Crippen molar-refractivity contribution in [2.75, 3.05) is 73.2 Å². The highest BCUT2D eigenvalue weighted by atomic mass is 32.2. The van der Waals surface area contributed by atoms with Crippen molar-refractivity contribution in [3.8, 4) is 64.8 Å². The third kappa shape index (κ3) is 25.1. The number of thiophene rings is 3. The van der Waals surface area contributed by atoms with Gasteiger partial charge >= 0.3 is 6.09 Å². The van der Waals surface area contributed by atoms with Gasteiger partial charge in [-0.15, -0.1) is 90.7 Å². The maximum atomic E-state index is 13.0. The lowest BCUT2D eigenvalue weighted by Crippen LogP contribution is -2.31. The molecule has 750 valence electrons. The molecule has 1 aliphatic carbocycles. The molecule has 20 rings (SSSR count). The van der Waals surface area contributed by atoms with Crippen molar-refractivity contribution in [2.24, 2.45) is 25.7 Å². The Morgan fingerprint density at radius 3 is 1.40 bits per heavy atom. The van der Waals surface area contributed by atoms with Gasteiger partial charge in [-0.2, -0.15) is 0 Å². The predicted molar refractivity (Wildman–Crippen MR) is 606 cm³/mol. The molecule has 14 aromatic heterocycles. The minimum Gasteiger partial charge on any atom is -0.445 e. The quantitative estimate of drug-likeness (QED) is 0.0246. The maximum absolute atomic E-state index is 13.0. The lowest BCUT2D eigenvalue weighted by atomic mass is 9.96. The van der Waals surface area contributed by atoms with Gasteiger partial charge < -0.3 is 42.3 Å². The van der Waals surface area contributed by atoms with E-state index in [1.165, 1.54) is 62.3 Å². The summed E-state index contributed by atoms with van der Waals surface area (Å²) in [7, 11) is -1.70. The number of unbranched alkanes of at least 4 members (excludes halogenated alkanes) is 5. The fourth-order valence-corrected chi connectivity index (χ4v) is 29.9. The number of hydrogen-bond donors (Lipinski definition) is 5. The highest BCUT2D eigenvalue weighted by Gasteiger charge is 2.33. The molecule has 9 N–H and O–H groups in total. The molecule has 15 aromatic rings. The number of nitrogens with one attached hydrogen (secondary N) is 1. The molecule has 5 atom stereocenters. The Kier molecular flexibility index (Phi) is 36.4. The molecule has 1 aromatic carbocycles. The van der Waals surface area contributed by atoms with Crippen LogP contribution >= 0.6 is 90.7 Å². The Morgan fingerprint density at radius 2 is 0.896 bits per heavy atom. The van der Waals surface area contributed by atoms with E-state index in [1.807, 2.05) is 135 Å². The number of anilines is 3. The van der Waals surface area contributed by atoms with E-state index in [2.05, 4.69) is 113 Å². The van der Waals surface area contributed by atoms with Crippen LogP contribution in [0.15, 0.2) is 184 Å². The lowest BCUT2D eigenvalue weighted by molar-refractivity contribution is 0.139. The molecular formula is C102H111N21O8S13. The summed E-state index contributed by atoms with van der Waals surface area (Å²) >= 11 is 12.0. The summed E-state index contributed by atoms with van der Waals surface area (Å²) < 4.78 is 77.3. The number of ether oxygens (including phenoxy) is 1. The number of nitrogens with zero attached hydrogens (tertiary/aromatic N) is 16. The molecule has 18 heterocycles. The summed E-state index contributed by atoms with van der Waals surface area (Å²) in [6, 6.07) is 18.0.